The number of rotatable bonds is 6. The maximum atomic E-state index is 5.63. The van der Waals surface area contributed by atoms with E-state index in [4.69, 9.17) is 10.5 Å². The number of nitrogens with one attached hydrogen (secondary N) is 1. The van der Waals surface area contributed by atoms with Crippen LogP contribution in [0.3, 0.4) is 0 Å². The van der Waals surface area contributed by atoms with Crippen molar-refractivity contribution >= 4 is 15.9 Å². The fourth-order valence-electron chi connectivity index (χ4n) is 2.12. The topological polar surface area (TPSA) is 47.3 Å². The van der Waals surface area contributed by atoms with E-state index in [2.05, 4.69) is 34.2 Å². The lowest BCUT2D eigenvalue weighted by Gasteiger charge is -2.25. The highest BCUT2D eigenvalue weighted by molar-refractivity contribution is 9.10. The van der Waals surface area contributed by atoms with E-state index in [1.54, 1.807) is 7.11 Å². The van der Waals surface area contributed by atoms with Gasteiger partial charge >= 0.3 is 0 Å². The van der Waals surface area contributed by atoms with Gasteiger partial charge in [0.1, 0.15) is 5.75 Å². The molecule has 0 amide bonds. The summed E-state index contributed by atoms with van der Waals surface area (Å²) in [5, 5.41) is 3.35. The highest BCUT2D eigenvalue weighted by Gasteiger charge is 2.20. The van der Waals surface area contributed by atoms with Gasteiger partial charge in [-0.2, -0.15) is 0 Å². The van der Waals surface area contributed by atoms with Gasteiger partial charge in [-0.1, -0.05) is 22.9 Å². The number of benzene rings is 1. The Balaban J connectivity index is 3.05. The lowest BCUT2D eigenvalue weighted by Crippen LogP contribution is -2.25. The van der Waals surface area contributed by atoms with E-state index >= 15 is 0 Å². The molecule has 2 atom stereocenters. The fraction of sp³-hybridized carbons (Fsp3) is 0.538. The second-order valence-electron chi connectivity index (χ2n) is 4.21. The van der Waals surface area contributed by atoms with Gasteiger partial charge in [0.2, 0.25) is 0 Å². The Morgan fingerprint density at radius 3 is 2.71 bits per heavy atom. The Hall–Kier alpha value is -0.580. The molecule has 0 fully saturated rings. The molecule has 0 saturated carbocycles. The van der Waals surface area contributed by atoms with Crippen molar-refractivity contribution in [1.82, 2.24) is 5.32 Å². The second-order valence-corrected chi connectivity index (χ2v) is 5.12. The third-order valence-electron chi connectivity index (χ3n) is 3.03. The maximum Gasteiger partial charge on any atom is 0.123 e. The molecule has 1 aromatic rings. The van der Waals surface area contributed by atoms with Crippen LogP contribution < -0.4 is 15.8 Å². The van der Waals surface area contributed by atoms with E-state index in [9.17, 15) is 0 Å². The van der Waals surface area contributed by atoms with E-state index < -0.39 is 0 Å². The minimum atomic E-state index is 0.256. The molecule has 0 aliphatic carbocycles. The SMILES string of the molecule is CNC(c1cc(Br)ccc1OC)C(C)CCN. The van der Waals surface area contributed by atoms with Crippen molar-refractivity contribution in [3.63, 3.8) is 0 Å². The van der Waals surface area contributed by atoms with Gasteiger partial charge in [-0.25, -0.2) is 0 Å². The van der Waals surface area contributed by atoms with Gasteiger partial charge < -0.3 is 15.8 Å². The van der Waals surface area contributed by atoms with Crippen LogP contribution in [-0.2, 0) is 0 Å². The lowest BCUT2D eigenvalue weighted by atomic mass is 9.91. The van der Waals surface area contributed by atoms with Gasteiger partial charge in [0.25, 0.3) is 0 Å². The molecule has 0 spiro atoms. The molecular formula is C13H21BrN2O. The van der Waals surface area contributed by atoms with Gasteiger partial charge in [0.05, 0.1) is 7.11 Å². The third-order valence-corrected chi connectivity index (χ3v) is 3.52. The number of methoxy groups -OCH3 is 1. The summed E-state index contributed by atoms with van der Waals surface area (Å²) in [7, 11) is 3.67. The quantitative estimate of drug-likeness (QED) is 0.849. The molecule has 0 aromatic heterocycles. The van der Waals surface area contributed by atoms with Gasteiger partial charge in [-0.3, -0.25) is 0 Å². The van der Waals surface area contributed by atoms with E-state index in [1.807, 2.05) is 19.2 Å². The monoisotopic (exact) mass is 300 g/mol. The van der Waals surface area contributed by atoms with Crippen LogP contribution in [0, 0.1) is 5.92 Å². The molecular weight excluding hydrogens is 280 g/mol. The minimum absolute atomic E-state index is 0.256. The molecule has 0 radical (unpaired) electrons. The first kappa shape index (κ1) is 14.5. The van der Waals surface area contributed by atoms with Crippen LogP contribution in [-0.4, -0.2) is 20.7 Å². The lowest BCUT2D eigenvalue weighted by molar-refractivity contribution is 0.360. The average Bonchev–Trinajstić information content (AvgIpc) is 2.31. The first-order chi connectivity index (χ1) is 8.13. The first-order valence-corrected chi connectivity index (χ1v) is 6.64. The zero-order chi connectivity index (χ0) is 12.8. The minimum Gasteiger partial charge on any atom is -0.496 e. The van der Waals surface area contributed by atoms with Crippen molar-refractivity contribution in [2.45, 2.75) is 19.4 Å². The highest BCUT2D eigenvalue weighted by atomic mass is 79.9. The molecule has 3 nitrogen and oxygen atoms in total. The smallest absolute Gasteiger partial charge is 0.123 e. The van der Waals surface area contributed by atoms with Crippen molar-refractivity contribution < 1.29 is 4.74 Å². The van der Waals surface area contributed by atoms with Crippen molar-refractivity contribution in [3.05, 3.63) is 28.2 Å². The van der Waals surface area contributed by atoms with E-state index in [0.29, 0.717) is 12.5 Å². The molecule has 0 heterocycles. The summed E-state index contributed by atoms with van der Waals surface area (Å²) in [4.78, 5) is 0. The van der Waals surface area contributed by atoms with E-state index in [1.165, 1.54) is 5.56 Å². The Labute approximate surface area is 112 Å². The largest absolute Gasteiger partial charge is 0.496 e. The molecule has 0 saturated heterocycles. The van der Waals surface area contributed by atoms with Crippen LogP contribution in [0.15, 0.2) is 22.7 Å². The van der Waals surface area contributed by atoms with Gasteiger partial charge in [0, 0.05) is 16.1 Å². The van der Waals surface area contributed by atoms with Crippen molar-refractivity contribution in [2.75, 3.05) is 20.7 Å². The third kappa shape index (κ3) is 3.69. The molecule has 4 heteroatoms. The van der Waals surface area contributed by atoms with E-state index in [0.717, 1.165) is 16.6 Å². The average molecular weight is 301 g/mol. The van der Waals surface area contributed by atoms with Crippen molar-refractivity contribution in [3.8, 4) is 5.75 Å². The summed E-state index contributed by atoms with van der Waals surface area (Å²) in [5.74, 6) is 1.38. The van der Waals surface area contributed by atoms with Crippen LogP contribution in [0.25, 0.3) is 0 Å². The standard InChI is InChI=1S/C13H21BrN2O/c1-9(6-7-15)13(16-2)11-8-10(14)4-5-12(11)17-3/h4-5,8-9,13,16H,6-7,15H2,1-3H3. The Kier molecular flexibility index (Phi) is 5.95. The van der Waals surface area contributed by atoms with Gasteiger partial charge in [-0.05, 0) is 44.1 Å². The molecule has 96 valence electrons. The molecule has 0 aliphatic heterocycles. The number of ether oxygens (including phenoxy) is 1. The first-order valence-electron chi connectivity index (χ1n) is 5.84. The normalized spacial score (nSPS) is 14.4. The van der Waals surface area contributed by atoms with Crippen LogP contribution in [0.5, 0.6) is 5.75 Å². The zero-order valence-corrected chi connectivity index (χ0v) is 12.3. The summed E-state index contributed by atoms with van der Waals surface area (Å²) in [6, 6.07) is 6.33. The summed E-state index contributed by atoms with van der Waals surface area (Å²) in [6.07, 6.45) is 0.987. The number of nitrogens with two attached hydrogens (primary N) is 1. The Morgan fingerprint density at radius 1 is 1.47 bits per heavy atom. The van der Waals surface area contributed by atoms with Gasteiger partial charge in [-0.15, -0.1) is 0 Å². The number of halogens is 1. The Bertz CT molecular complexity index is 357. The van der Waals surface area contributed by atoms with Crippen LogP contribution in [0.4, 0.5) is 0 Å². The van der Waals surface area contributed by atoms with Gasteiger partial charge in [0.15, 0.2) is 0 Å². The molecule has 2 unspecified atom stereocenters. The molecule has 0 aliphatic rings. The summed E-state index contributed by atoms with van der Waals surface area (Å²) < 4.78 is 6.48. The molecule has 1 rings (SSSR count). The zero-order valence-electron chi connectivity index (χ0n) is 10.7. The summed E-state index contributed by atoms with van der Waals surface area (Å²) in [6.45, 7) is 2.91. The second kappa shape index (κ2) is 6.99. The number of hydrogen-bond donors (Lipinski definition) is 2. The van der Waals surface area contributed by atoms with E-state index in [-0.39, 0.29) is 6.04 Å². The Morgan fingerprint density at radius 2 is 2.18 bits per heavy atom. The molecule has 0 bridgehead atoms. The van der Waals surface area contributed by atoms with Crippen molar-refractivity contribution in [1.29, 1.82) is 0 Å². The maximum absolute atomic E-state index is 5.63. The summed E-state index contributed by atoms with van der Waals surface area (Å²) in [5.41, 5.74) is 6.80. The van der Waals surface area contributed by atoms with Crippen LogP contribution in [0.1, 0.15) is 24.9 Å². The molecule has 17 heavy (non-hydrogen) atoms. The molecule has 3 N–H and O–H groups in total. The van der Waals surface area contributed by atoms with Crippen LogP contribution in [0.2, 0.25) is 0 Å². The predicted octanol–water partition coefficient (Wildman–Crippen LogP) is 2.70. The molecule has 1 aromatic carbocycles. The predicted molar refractivity (Wildman–Crippen MR) is 75.3 cm³/mol. The fourth-order valence-corrected chi connectivity index (χ4v) is 2.50. The highest BCUT2D eigenvalue weighted by Crippen LogP contribution is 2.33. The number of hydrogen-bond acceptors (Lipinski definition) is 3. The van der Waals surface area contributed by atoms with Crippen molar-refractivity contribution in [2.24, 2.45) is 11.7 Å². The summed E-state index contributed by atoms with van der Waals surface area (Å²) >= 11 is 3.50. The van der Waals surface area contributed by atoms with Crippen LogP contribution >= 0.6 is 15.9 Å².